The van der Waals surface area contributed by atoms with Crippen molar-refractivity contribution in [1.82, 2.24) is 10.6 Å². The number of ether oxygens (including phenoxy) is 1. The van der Waals surface area contributed by atoms with Crippen LogP contribution in [0.15, 0.2) is 79.4 Å². The summed E-state index contributed by atoms with van der Waals surface area (Å²) in [6, 6.07) is 22.7. The number of benzene rings is 3. The number of unbranched alkanes of at least 4 members (excludes halogenated alkanes) is 4. The first kappa shape index (κ1) is 42.1. The second-order valence-electron chi connectivity index (χ2n) is 12.1. The van der Waals surface area contributed by atoms with E-state index in [9.17, 15) is 19.2 Å². The smallest absolute Gasteiger partial charge is 0.407 e. The number of rotatable bonds is 23. The van der Waals surface area contributed by atoms with E-state index in [-0.39, 0.29) is 43.7 Å². The van der Waals surface area contributed by atoms with Crippen LogP contribution < -0.4 is 20.9 Å². The maximum Gasteiger partial charge on any atom is 0.407 e. The van der Waals surface area contributed by atoms with Crippen molar-refractivity contribution in [3.8, 4) is 0 Å². The highest BCUT2D eigenvalue weighted by atomic mass is 32.4. The van der Waals surface area contributed by atoms with E-state index in [0.29, 0.717) is 38.2 Å². The van der Waals surface area contributed by atoms with Gasteiger partial charge in [-0.1, -0.05) is 87.0 Å². The highest BCUT2D eigenvalue weighted by molar-refractivity contribution is 8.00. The van der Waals surface area contributed by atoms with Crippen LogP contribution >= 0.6 is 7.15 Å². The van der Waals surface area contributed by atoms with E-state index in [1.54, 1.807) is 30.3 Å². The van der Waals surface area contributed by atoms with Crippen molar-refractivity contribution >= 4 is 60.2 Å². The van der Waals surface area contributed by atoms with Crippen LogP contribution in [0.1, 0.15) is 80.5 Å². The van der Waals surface area contributed by atoms with Gasteiger partial charge in [0.2, 0.25) is 17.7 Å². The third-order valence-electron chi connectivity index (χ3n) is 8.23. The first-order chi connectivity index (χ1) is 25.2. The maximum atomic E-state index is 13.5. The molecule has 3 aromatic rings. The molecule has 3 rings (SSSR count). The second-order valence-corrected chi connectivity index (χ2v) is 14.0. The number of hydrogen-bond donors (Lipinski definition) is 4. The van der Waals surface area contributed by atoms with Gasteiger partial charge in [-0.25, -0.2) is 4.79 Å². The largest absolute Gasteiger partial charge is 0.445 e. The molecule has 0 aliphatic heterocycles. The number of anilines is 2. The summed E-state index contributed by atoms with van der Waals surface area (Å²) in [5.41, 5.74) is 5.26. The van der Waals surface area contributed by atoms with Crippen LogP contribution in [0.25, 0.3) is 6.08 Å². The molecule has 0 aliphatic rings. The Kier molecular flexibility index (Phi) is 19.4. The summed E-state index contributed by atoms with van der Waals surface area (Å²) >= 11 is 4.62. The molecule has 0 spiro atoms. The van der Waals surface area contributed by atoms with Crippen LogP contribution in [-0.4, -0.2) is 48.4 Å². The number of para-hydroxylation sites is 1. The Hall–Kier alpha value is -4.35. The van der Waals surface area contributed by atoms with E-state index in [1.807, 2.05) is 53.4 Å². The molecule has 0 bridgehead atoms. The SMILES string of the molecule is C=Cc1ccccc1CN(C(=O)CCCCC(=O)NCC(=O)Nc1ccc(COC(=O)NCCCCCCO[PH](O)=S)cc1)c1ccccc1CC. The molecule has 0 heterocycles. The van der Waals surface area contributed by atoms with E-state index in [2.05, 4.69) is 41.3 Å². The summed E-state index contributed by atoms with van der Waals surface area (Å²) in [5.74, 6) is -0.650. The minimum absolute atomic E-state index is 0.0160. The number of carbonyl (C=O) groups is 4. The fourth-order valence-electron chi connectivity index (χ4n) is 5.41. The van der Waals surface area contributed by atoms with Gasteiger partial charge in [0.1, 0.15) is 6.61 Å². The number of nitrogens with zero attached hydrogens (tertiary/aromatic N) is 1. The van der Waals surface area contributed by atoms with Crippen molar-refractivity contribution in [3.05, 3.63) is 102 Å². The van der Waals surface area contributed by atoms with Crippen LogP contribution in [-0.2, 0) is 55.0 Å². The van der Waals surface area contributed by atoms with E-state index < -0.39 is 13.2 Å². The summed E-state index contributed by atoms with van der Waals surface area (Å²) < 4.78 is 10.2. The molecule has 52 heavy (non-hydrogen) atoms. The zero-order valence-corrected chi connectivity index (χ0v) is 31.7. The minimum atomic E-state index is -2.04. The normalized spacial score (nSPS) is 11.3. The number of aryl methyl sites for hydroxylation is 1. The summed E-state index contributed by atoms with van der Waals surface area (Å²) in [6.07, 6.45) is 7.06. The fourth-order valence-corrected chi connectivity index (χ4v) is 5.98. The number of alkyl carbamates (subject to hydrolysis) is 1. The first-order valence-electron chi connectivity index (χ1n) is 17.7. The topological polar surface area (TPSA) is 146 Å². The molecule has 0 saturated carbocycles. The Morgan fingerprint density at radius 2 is 1.54 bits per heavy atom. The fraction of sp³-hybridized carbons (Fsp3) is 0.385. The zero-order valence-electron chi connectivity index (χ0n) is 29.9. The highest BCUT2D eigenvalue weighted by Crippen LogP contribution is 2.26. The van der Waals surface area contributed by atoms with E-state index >= 15 is 0 Å². The molecule has 0 saturated heterocycles. The number of hydrogen-bond acceptors (Lipinski definition) is 7. The van der Waals surface area contributed by atoms with Gasteiger partial charge in [0.25, 0.3) is 0 Å². The number of amides is 4. The summed E-state index contributed by atoms with van der Waals surface area (Å²) in [4.78, 5) is 61.2. The molecule has 1 atom stereocenters. The molecule has 0 aliphatic carbocycles. The van der Waals surface area contributed by atoms with Gasteiger partial charge in [0.05, 0.1) is 19.7 Å². The molecule has 280 valence electrons. The van der Waals surface area contributed by atoms with Gasteiger partial charge in [-0.05, 0) is 84.4 Å². The lowest BCUT2D eigenvalue weighted by atomic mass is 10.0. The van der Waals surface area contributed by atoms with Gasteiger partial charge in [0, 0.05) is 30.8 Å². The standard InChI is InChI=1S/C39H51N4O7PS/c1-3-31-15-7-8-17-33(31)28-43(35-18-10-9-16-32(35)4-2)38(46)20-12-11-19-36(44)41-27-37(45)42-34-23-21-30(22-24-34)29-49-39(47)40-25-13-5-6-14-26-50-51(48)52/h3,7-10,15-18,21-24,51H,1,4-6,11-14,19-20,25-29H2,2H3,(H,40,47)(H,41,44)(H,42,45)(H,48,52). The molecule has 0 aromatic heterocycles. The molecule has 11 nitrogen and oxygen atoms in total. The van der Waals surface area contributed by atoms with E-state index in [0.717, 1.165) is 60.0 Å². The van der Waals surface area contributed by atoms with E-state index in [4.69, 9.17) is 14.2 Å². The average Bonchev–Trinajstić information content (AvgIpc) is 3.15. The molecule has 3 aromatic carbocycles. The van der Waals surface area contributed by atoms with Crippen molar-refractivity contribution in [2.24, 2.45) is 0 Å². The molecule has 1 unspecified atom stereocenters. The zero-order chi connectivity index (χ0) is 37.6. The predicted molar refractivity (Wildman–Crippen MR) is 211 cm³/mol. The summed E-state index contributed by atoms with van der Waals surface area (Å²) in [7, 11) is -2.04. The molecule has 0 radical (unpaired) electrons. The van der Waals surface area contributed by atoms with Gasteiger partial charge in [0.15, 0.2) is 7.15 Å². The summed E-state index contributed by atoms with van der Waals surface area (Å²) in [5, 5.41) is 8.10. The Morgan fingerprint density at radius 3 is 2.27 bits per heavy atom. The van der Waals surface area contributed by atoms with Gasteiger partial charge in [-0.3, -0.25) is 14.4 Å². The van der Waals surface area contributed by atoms with E-state index in [1.165, 1.54) is 0 Å². The first-order valence-corrected chi connectivity index (χ1v) is 20.2. The van der Waals surface area contributed by atoms with Gasteiger partial charge < -0.3 is 35.0 Å². The van der Waals surface area contributed by atoms with Gasteiger partial charge in [-0.15, -0.1) is 0 Å². The van der Waals surface area contributed by atoms with Gasteiger partial charge >= 0.3 is 6.09 Å². The second kappa shape index (κ2) is 24.0. The molecule has 0 fully saturated rings. The molecular formula is C39H51N4O7PS. The minimum Gasteiger partial charge on any atom is -0.445 e. The molecule has 13 heteroatoms. The third-order valence-corrected chi connectivity index (χ3v) is 9.04. The van der Waals surface area contributed by atoms with Crippen LogP contribution in [0.3, 0.4) is 0 Å². The molecule has 4 N–H and O–H groups in total. The van der Waals surface area contributed by atoms with Crippen molar-refractivity contribution in [2.75, 3.05) is 29.9 Å². The predicted octanol–water partition coefficient (Wildman–Crippen LogP) is 7.04. The molecular weight excluding hydrogens is 699 g/mol. The van der Waals surface area contributed by atoms with Crippen LogP contribution in [0.2, 0.25) is 0 Å². The average molecular weight is 751 g/mol. The Balaban J connectivity index is 1.33. The summed E-state index contributed by atoms with van der Waals surface area (Å²) in [6.45, 7) is 7.26. The Bertz CT molecular complexity index is 1640. The lowest BCUT2D eigenvalue weighted by Gasteiger charge is -2.26. The van der Waals surface area contributed by atoms with Crippen LogP contribution in [0, 0.1) is 0 Å². The molecule has 4 amide bonds. The lowest BCUT2D eigenvalue weighted by Crippen LogP contribution is -2.33. The number of nitrogens with one attached hydrogen (secondary N) is 3. The monoisotopic (exact) mass is 750 g/mol. The van der Waals surface area contributed by atoms with Crippen LogP contribution in [0.4, 0.5) is 16.2 Å². The van der Waals surface area contributed by atoms with Crippen LogP contribution in [0.5, 0.6) is 0 Å². The number of carbonyl (C=O) groups excluding carboxylic acids is 4. The highest BCUT2D eigenvalue weighted by Gasteiger charge is 2.19. The van der Waals surface area contributed by atoms with Crippen molar-refractivity contribution in [3.63, 3.8) is 0 Å². The van der Waals surface area contributed by atoms with Gasteiger partial charge in [-0.2, -0.15) is 0 Å². The van der Waals surface area contributed by atoms with Crippen molar-refractivity contribution < 1.29 is 33.3 Å². The quantitative estimate of drug-likeness (QED) is 0.0597. The Morgan fingerprint density at radius 1 is 0.846 bits per heavy atom. The van der Waals surface area contributed by atoms with Crippen molar-refractivity contribution in [2.45, 2.75) is 77.9 Å². The Labute approximate surface area is 312 Å². The van der Waals surface area contributed by atoms with Crippen molar-refractivity contribution in [1.29, 1.82) is 0 Å². The third kappa shape index (κ3) is 15.9. The maximum absolute atomic E-state index is 13.5. The lowest BCUT2D eigenvalue weighted by molar-refractivity contribution is -0.124.